The van der Waals surface area contributed by atoms with Gasteiger partial charge >= 0.3 is 0 Å². The van der Waals surface area contributed by atoms with E-state index in [1.165, 1.54) is 14.0 Å². The Morgan fingerprint density at radius 1 is 1.22 bits per heavy atom. The number of hydrogen-bond donors (Lipinski definition) is 1. The van der Waals surface area contributed by atoms with E-state index in [4.69, 9.17) is 4.74 Å². The molecule has 146 valence electrons. The highest BCUT2D eigenvalue weighted by Crippen LogP contribution is 2.27. The summed E-state index contributed by atoms with van der Waals surface area (Å²) in [6, 6.07) is 8.75. The van der Waals surface area contributed by atoms with Crippen molar-refractivity contribution in [3.8, 4) is 5.75 Å². The zero-order valence-electron chi connectivity index (χ0n) is 16.0. The first-order chi connectivity index (χ1) is 12.7. The van der Waals surface area contributed by atoms with E-state index >= 15 is 0 Å². The molecule has 0 aliphatic rings. The average molecular weight is 391 g/mol. The molecule has 0 aliphatic heterocycles. The number of aryl methyl sites for hydroxylation is 2. The van der Waals surface area contributed by atoms with Gasteiger partial charge in [-0.1, -0.05) is 6.07 Å². The number of hydrogen-bond acceptors (Lipinski definition) is 5. The molecule has 1 N–H and O–H groups in total. The molecule has 8 heteroatoms. The smallest absolute Gasteiger partial charge is 0.244 e. The van der Waals surface area contributed by atoms with Crippen LogP contribution in [0.25, 0.3) is 0 Å². The number of methoxy groups -OCH3 is 1. The summed E-state index contributed by atoms with van der Waals surface area (Å²) in [5.41, 5.74) is 2.55. The SMILES string of the molecule is COc1cc(C)c(C)cc1S(=O)(=O)NCCN(Cc1ccccn1)C(C)=O. The van der Waals surface area contributed by atoms with Crippen LogP contribution in [0.3, 0.4) is 0 Å². The van der Waals surface area contributed by atoms with Crippen LogP contribution in [0.2, 0.25) is 0 Å². The molecule has 0 aliphatic carbocycles. The molecule has 1 heterocycles. The van der Waals surface area contributed by atoms with Gasteiger partial charge in [0.1, 0.15) is 10.6 Å². The van der Waals surface area contributed by atoms with Gasteiger partial charge < -0.3 is 9.64 Å². The maximum absolute atomic E-state index is 12.7. The molecule has 1 aromatic carbocycles. The molecule has 0 radical (unpaired) electrons. The first-order valence-corrected chi connectivity index (χ1v) is 10.0. The zero-order valence-corrected chi connectivity index (χ0v) is 16.8. The van der Waals surface area contributed by atoms with Crippen LogP contribution < -0.4 is 9.46 Å². The summed E-state index contributed by atoms with van der Waals surface area (Å²) >= 11 is 0. The molecule has 2 rings (SSSR count). The van der Waals surface area contributed by atoms with Gasteiger partial charge in [0.05, 0.1) is 19.3 Å². The van der Waals surface area contributed by atoms with E-state index in [9.17, 15) is 13.2 Å². The normalized spacial score (nSPS) is 11.3. The number of nitrogens with zero attached hydrogens (tertiary/aromatic N) is 2. The van der Waals surface area contributed by atoms with Crippen LogP contribution in [-0.2, 0) is 21.4 Å². The molecule has 7 nitrogen and oxygen atoms in total. The van der Waals surface area contributed by atoms with Crippen LogP contribution in [0.5, 0.6) is 5.75 Å². The van der Waals surface area contributed by atoms with Gasteiger partial charge in [-0.2, -0.15) is 0 Å². The minimum absolute atomic E-state index is 0.0881. The number of carbonyl (C=O) groups excluding carboxylic acids is 1. The Morgan fingerprint density at radius 2 is 1.93 bits per heavy atom. The number of nitrogens with one attached hydrogen (secondary N) is 1. The molecule has 27 heavy (non-hydrogen) atoms. The molecule has 0 fully saturated rings. The van der Waals surface area contributed by atoms with Gasteiger partial charge in [0.15, 0.2) is 0 Å². The Kier molecular flexibility index (Phi) is 6.92. The van der Waals surface area contributed by atoms with Crippen LogP contribution in [0.4, 0.5) is 0 Å². The van der Waals surface area contributed by atoms with Gasteiger partial charge in [0, 0.05) is 26.2 Å². The summed E-state index contributed by atoms with van der Waals surface area (Å²) in [4.78, 5) is 17.7. The monoisotopic (exact) mass is 391 g/mol. The van der Waals surface area contributed by atoms with E-state index in [0.29, 0.717) is 12.3 Å². The average Bonchev–Trinajstić information content (AvgIpc) is 2.63. The standard InChI is InChI=1S/C19H25N3O4S/c1-14-11-18(26-4)19(12-15(14)2)27(24,25)21-9-10-22(16(3)23)13-17-7-5-6-8-20-17/h5-8,11-12,21H,9-10,13H2,1-4H3. The second kappa shape index (κ2) is 8.96. The lowest BCUT2D eigenvalue weighted by Gasteiger charge is -2.21. The van der Waals surface area contributed by atoms with E-state index in [2.05, 4.69) is 9.71 Å². The van der Waals surface area contributed by atoms with E-state index in [-0.39, 0.29) is 23.9 Å². The van der Waals surface area contributed by atoms with Gasteiger partial charge in [0.2, 0.25) is 15.9 Å². The third-order valence-electron chi connectivity index (χ3n) is 4.27. The first kappa shape index (κ1) is 20.9. The fraction of sp³-hybridized carbons (Fsp3) is 0.368. The highest BCUT2D eigenvalue weighted by atomic mass is 32.2. The van der Waals surface area contributed by atoms with Crippen molar-refractivity contribution in [2.24, 2.45) is 0 Å². The van der Waals surface area contributed by atoms with Gasteiger partial charge in [0.25, 0.3) is 0 Å². The van der Waals surface area contributed by atoms with Crippen molar-refractivity contribution in [2.75, 3.05) is 20.2 Å². The molecule has 1 aromatic heterocycles. The van der Waals surface area contributed by atoms with Crippen molar-refractivity contribution < 1.29 is 17.9 Å². The molecule has 0 atom stereocenters. The minimum Gasteiger partial charge on any atom is -0.495 e. The number of sulfonamides is 1. The first-order valence-electron chi connectivity index (χ1n) is 8.55. The lowest BCUT2D eigenvalue weighted by atomic mass is 10.1. The number of aromatic nitrogens is 1. The Balaban J connectivity index is 2.08. The van der Waals surface area contributed by atoms with Gasteiger partial charge in [-0.05, 0) is 49.2 Å². The molecular formula is C19H25N3O4S. The van der Waals surface area contributed by atoms with Crippen molar-refractivity contribution in [1.82, 2.24) is 14.6 Å². The minimum atomic E-state index is -3.77. The lowest BCUT2D eigenvalue weighted by molar-refractivity contribution is -0.129. The summed E-state index contributed by atoms with van der Waals surface area (Å²) in [6.45, 7) is 5.83. The fourth-order valence-electron chi connectivity index (χ4n) is 2.56. The van der Waals surface area contributed by atoms with Crippen LogP contribution in [0.1, 0.15) is 23.7 Å². The topological polar surface area (TPSA) is 88.6 Å². The predicted octanol–water partition coefficient (Wildman–Crippen LogP) is 2.03. The molecule has 0 saturated heterocycles. The van der Waals surface area contributed by atoms with Crippen molar-refractivity contribution in [1.29, 1.82) is 0 Å². The molecule has 0 bridgehead atoms. The van der Waals surface area contributed by atoms with Crippen molar-refractivity contribution in [3.05, 3.63) is 53.3 Å². The number of benzene rings is 1. The van der Waals surface area contributed by atoms with Gasteiger partial charge in [-0.25, -0.2) is 13.1 Å². The van der Waals surface area contributed by atoms with Crippen molar-refractivity contribution in [2.45, 2.75) is 32.2 Å². The Morgan fingerprint density at radius 3 is 2.52 bits per heavy atom. The third kappa shape index (κ3) is 5.51. The van der Waals surface area contributed by atoms with Crippen molar-refractivity contribution in [3.63, 3.8) is 0 Å². The number of amides is 1. The van der Waals surface area contributed by atoms with E-state index < -0.39 is 10.0 Å². The Hall–Kier alpha value is -2.45. The van der Waals surface area contributed by atoms with Crippen LogP contribution in [0.15, 0.2) is 41.4 Å². The Bertz CT molecular complexity index is 899. The van der Waals surface area contributed by atoms with Gasteiger partial charge in [-0.3, -0.25) is 9.78 Å². The van der Waals surface area contributed by atoms with Gasteiger partial charge in [-0.15, -0.1) is 0 Å². The van der Waals surface area contributed by atoms with Crippen molar-refractivity contribution >= 4 is 15.9 Å². The van der Waals surface area contributed by atoms with Crippen LogP contribution in [0, 0.1) is 13.8 Å². The number of pyridine rings is 1. The summed E-state index contributed by atoms with van der Waals surface area (Å²) in [5, 5.41) is 0. The summed E-state index contributed by atoms with van der Waals surface area (Å²) in [7, 11) is -2.33. The lowest BCUT2D eigenvalue weighted by Crippen LogP contribution is -2.37. The zero-order chi connectivity index (χ0) is 20.0. The maximum Gasteiger partial charge on any atom is 0.244 e. The van der Waals surface area contributed by atoms with Crippen LogP contribution >= 0.6 is 0 Å². The molecule has 0 unspecified atom stereocenters. The van der Waals surface area contributed by atoms with Crippen LogP contribution in [-0.4, -0.2) is 44.4 Å². The fourth-order valence-corrected chi connectivity index (χ4v) is 3.82. The third-order valence-corrected chi connectivity index (χ3v) is 5.75. The number of ether oxygens (including phenoxy) is 1. The second-order valence-corrected chi connectivity index (χ2v) is 7.98. The quantitative estimate of drug-likeness (QED) is 0.744. The summed E-state index contributed by atoms with van der Waals surface area (Å²) < 4.78 is 33.1. The Labute approximate surface area is 160 Å². The van der Waals surface area contributed by atoms with E-state index in [1.807, 2.05) is 26.0 Å². The summed E-state index contributed by atoms with van der Waals surface area (Å²) in [5.74, 6) is 0.145. The highest BCUT2D eigenvalue weighted by molar-refractivity contribution is 7.89. The predicted molar refractivity (Wildman–Crippen MR) is 103 cm³/mol. The molecule has 1 amide bonds. The summed E-state index contributed by atoms with van der Waals surface area (Å²) in [6.07, 6.45) is 1.66. The van der Waals surface area contributed by atoms with E-state index in [0.717, 1.165) is 16.8 Å². The van der Waals surface area contributed by atoms with E-state index in [1.54, 1.807) is 29.3 Å². The highest BCUT2D eigenvalue weighted by Gasteiger charge is 2.21. The molecule has 0 spiro atoms. The molecular weight excluding hydrogens is 366 g/mol. The largest absolute Gasteiger partial charge is 0.495 e. The number of rotatable bonds is 8. The molecule has 2 aromatic rings. The molecule has 0 saturated carbocycles. The number of carbonyl (C=O) groups is 1. The second-order valence-electron chi connectivity index (χ2n) is 6.25. The maximum atomic E-state index is 12.7.